The van der Waals surface area contributed by atoms with Crippen LogP contribution in [0.1, 0.15) is 117 Å². The lowest BCUT2D eigenvalue weighted by molar-refractivity contribution is -0.113. The molecule has 0 unspecified atom stereocenters. The molecule has 0 heterocycles. The van der Waals surface area contributed by atoms with Crippen molar-refractivity contribution >= 4 is 124 Å². The fraction of sp³-hybridized carbons (Fsp3) is 0.769. The number of alkyl halides is 2. The van der Waals surface area contributed by atoms with E-state index in [0.717, 1.165) is 44.9 Å². The molecule has 0 amide bonds. The normalized spacial score (nSPS) is 9.15. The molecule has 0 aromatic carbocycles. The molecule has 0 aliphatic rings. The van der Waals surface area contributed by atoms with Gasteiger partial charge in [0.1, 0.15) is 0 Å². The number of carbonyl (C=O) groups excluding carboxylic acids is 6. The number of rotatable bonds is 19. The van der Waals surface area contributed by atoms with Crippen molar-refractivity contribution in [3.8, 4) is 0 Å². The second-order valence-electron chi connectivity index (χ2n) is 7.84. The largest absolute Gasteiger partial charge is 0.281 e. The molecule has 40 heavy (non-hydrogen) atoms. The molecule has 0 bridgehead atoms. The Morgan fingerprint density at radius 1 is 0.350 bits per heavy atom. The van der Waals surface area contributed by atoms with Crippen LogP contribution in [0.2, 0.25) is 0 Å². The van der Waals surface area contributed by atoms with Crippen LogP contribution < -0.4 is 0 Å². The zero-order valence-corrected chi connectivity index (χ0v) is 29.2. The zero-order valence-electron chi connectivity index (χ0n) is 23.2. The summed E-state index contributed by atoms with van der Waals surface area (Å²) in [6.07, 6.45) is 11.4. The lowest BCUT2D eigenvalue weighted by atomic mass is 10.2. The van der Waals surface area contributed by atoms with Crippen molar-refractivity contribution < 1.29 is 28.8 Å². The van der Waals surface area contributed by atoms with Gasteiger partial charge in [-0.25, -0.2) is 0 Å². The Morgan fingerprint density at radius 2 is 0.575 bits per heavy atom. The van der Waals surface area contributed by atoms with E-state index >= 15 is 0 Å². The maximum absolute atomic E-state index is 10.1. The molecule has 0 aromatic heterocycles. The number of hydrogen-bond acceptors (Lipinski definition) is 6. The van der Waals surface area contributed by atoms with Gasteiger partial charge in [0.2, 0.25) is 31.5 Å². The van der Waals surface area contributed by atoms with E-state index in [-0.39, 0.29) is 31.5 Å². The molecular formula is C26H42Cl8O6. The third-order valence-corrected chi connectivity index (χ3v) is 5.63. The van der Waals surface area contributed by atoms with Gasteiger partial charge in [-0.15, -0.1) is 23.2 Å². The lowest BCUT2D eigenvalue weighted by Crippen LogP contribution is -1.89. The van der Waals surface area contributed by atoms with Crippen LogP contribution in [-0.4, -0.2) is 43.2 Å². The average molecular weight is 734 g/mol. The summed E-state index contributed by atoms with van der Waals surface area (Å²) in [6.45, 7) is 4.12. The van der Waals surface area contributed by atoms with E-state index in [1.54, 1.807) is 0 Å². The van der Waals surface area contributed by atoms with Crippen LogP contribution in [0.15, 0.2) is 0 Å². The van der Waals surface area contributed by atoms with Crippen molar-refractivity contribution in [3.05, 3.63) is 0 Å². The Bertz CT molecular complexity index is 595. The fourth-order valence-electron chi connectivity index (χ4n) is 1.92. The maximum Gasteiger partial charge on any atom is 0.221 e. The molecule has 0 spiro atoms. The van der Waals surface area contributed by atoms with Gasteiger partial charge in [-0.3, -0.25) is 28.8 Å². The Balaban J connectivity index is -0.000000128. The Hall–Kier alpha value is 0.340. The standard InChI is InChI=1S/C6H8Cl2O2.C6H11ClO.C5H8Cl2O.C5H9ClO.C4H6Cl2O/c7-5(9)3-1-2-4-6(8)10;1-2-3-4-5-6(7)8;6-4-2-1-3-5(7)8;1-2-3-4-5(6)7;5-3-1-2-4(6)7/h1-4H2;2-5H2,1H3;1-4H2;2-4H2,1H3;1-3H2. The van der Waals surface area contributed by atoms with Gasteiger partial charge < -0.3 is 0 Å². The van der Waals surface area contributed by atoms with Crippen LogP contribution >= 0.6 is 92.8 Å². The highest BCUT2D eigenvalue weighted by Gasteiger charge is 1.98. The second kappa shape index (κ2) is 43.8. The second-order valence-corrected chi connectivity index (χ2v) is 11.1. The van der Waals surface area contributed by atoms with Gasteiger partial charge in [0.15, 0.2) is 0 Å². The number of carbonyl (C=O) groups is 6. The molecular weight excluding hydrogens is 692 g/mol. The van der Waals surface area contributed by atoms with E-state index < -0.39 is 0 Å². The van der Waals surface area contributed by atoms with Crippen LogP contribution in [0.25, 0.3) is 0 Å². The summed E-state index contributed by atoms with van der Waals surface area (Å²) in [5.74, 6) is 1.13. The van der Waals surface area contributed by atoms with Crippen molar-refractivity contribution in [2.75, 3.05) is 11.8 Å². The minimum Gasteiger partial charge on any atom is -0.281 e. The van der Waals surface area contributed by atoms with Crippen LogP contribution in [0.5, 0.6) is 0 Å². The number of halogens is 8. The molecule has 0 aliphatic heterocycles. The van der Waals surface area contributed by atoms with Crippen LogP contribution in [0.4, 0.5) is 0 Å². The fourth-order valence-corrected chi connectivity index (χ4v) is 3.05. The van der Waals surface area contributed by atoms with Crippen molar-refractivity contribution in [1.29, 1.82) is 0 Å². The van der Waals surface area contributed by atoms with Gasteiger partial charge in [0, 0.05) is 50.3 Å². The number of unbranched alkanes of at least 4 members (excludes halogenated alkanes) is 5. The van der Waals surface area contributed by atoms with Crippen molar-refractivity contribution in [2.24, 2.45) is 0 Å². The first kappa shape index (κ1) is 50.0. The zero-order chi connectivity index (χ0) is 32.2. The SMILES string of the molecule is CCCCC(=O)Cl.CCCCCC(=O)Cl.O=C(Cl)CCCCC(=O)Cl.O=C(Cl)CCCCCl.O=C(Cl)CCCCl. The summed E-state index contributed by atoms with van der Waals surface area (Å²) in [5, 5.41) is -1.72. The summed E-state index contributed by atoms with van der Waals surface area (Å²) >= 11 is 40.7. The van der Waals surface area contributed by atoms with Crippen LogP contribution in [0, 0.1) is 0 Å². The van der Waals surface area contributed by atoms with Crippen molar-refractivity contribution in [1.82, 2.24) is 0 Å². The summed E-state index contributed by atoms with van der Waals surface area (Å²) < 4.78 is 0. The minimum atomic E-state index is -0.359. The molecule has 0 atom stereocenters. The first-order chi connectivity index (χ1) is 18.7. The van der Waals surface area contributed by atoms with E-state index in [1.165, 1.54) is 0 Å². The average Bonchev–Trinajstić information content (AvgIpc) is 2.85. The smallest absolute Gasteiger partial charge is 0.221 e. The van der Waals surface area contributed by atoms with Gasteiger partial charge in [0.25, 0.3) is 0 Å². The number of hydrogen-bond donors (Lipinski definition) is 0. The van der Waals surface area contributed by atoms with Crippen LogP contribution in [0.3, 0.4) is 0 Å². The van der Waals surface area contributed by atoms with E-state index in [2.05, 4.69) is 6.92 Å². The van der Waals surface area contributed by atoms with E-state index in [0.29, 0.717) is 69.5 Å². The predicted octanol–water partition coefficient (Wildman–Crippen LogP) is 10.3. The Labute approximate surface area is 279 Å². The van der Waals surface area contributed by atoms with Crippen molar-refractivity contribution in [3.63, 3.8) is 0 Å². The first-order valence-corrected chi connectivity index (χ1v) is 16.3. The third-order valence-electron chi connectivity index (χ3n) is 3.96. The molecule has 0 saturated carbocycles. The summed E-state index contributed by atoms with van der Waals surface area (Å²) in [5.41, 5.74) is 0. The van der Waals surface area contributed by atoms with E-state index in [9.17, 15) is 28.8 Å². The molecule has 0 rings (SSSR count). The van der Waals surface area contributed by atoms with Crippen LogP contribution in [-0.2, 0) is 28.8 Å². The maximum atomic E-state index is 10.1. The monoisotopic (exact) mass is 730 g/mol. The van der Waals surface area contributed by atoms with Gasteiger partial charge in [-0.1, -0.05) is 33.1 Å². The highest BCUT2D eigenvalue weighted by molar-refractivity contribution is 6.64. The molecule has 0 aliphatic carbocycles. The van der Waals surface area contributed by atoms with E-state index in [1.807, 2.05) is 6.92 Å². The molecule has 14 heteroatoms. The molecule has 0 aromatic rings. The summed E-state index contributed by atoms with van der Waals surface area (Å²) in [4.78, 5) is 60.3. The molecule has 0 radical (unpaired) electrons. The third kappa shape index (κ3) is 83.3. The van der Waals surface area contributed by atoms with E-state index in [4.69, 9.17) is 92.8 Å². The Kier molecular flexibility index (Phi) is 54.7. The highest BCUT2D eigenvalue weighted by Crippen LogP contribution is 2.04. The molecule has 0 saturated heterocycles. The van der Waals surface area contributed by atoms with Gasteiger partial charge in [0.05, 0.1) is 0 Å². The molecule has 6 nitrogen and oxygen atoms in total. The summed E-state index contributed by atoms with van der Waals surface area (Å²) in [7, 11) is 0. The van der Waals surface area contributed by atoms with Crippen molar-refractivity contribution in [2.45, 2.75) is 117 Å². The quantitative estimate of drug-likeness (QED) is 0.0744. The molecule has 0 N–H and O–H groups in total. The predicted molar refractivity (Wildman–Crippen MR) is 172 cm³/mol. The molecule has 238 valence electrons. The molecule has 0 fully saturated rings. The minimum absolute atomic E-state index is 0.210. The van der Waals surface area contributed by atoms with Gasteiger partial charge in [-0.05, 0) is 115 Å². The lowest BCUT2D eigenvalue weighted by Gasteiger charge is -1.91. The van der Waals surface area contributed by atoms with Gasteiger partial charge in [-0.2, -0.15) is 0 Å². The Morgan fingerprint density at radius 3 is 0.775 bits per heavy atom. The highest BCUT2D eigenvalue weighted by atomic mass is 35.5. The first-order valence-electron chi connectivity index (χ1n) is 12.9. The summed E-state index contributed by atoms with van der Waals surface area (Å²) in [6, 6.07) is 0. The topological polar surface area (TPSA) is 102 Å². The van der Waals surface area contributed by atoms with Gasteiger partial charge >= 0.3 is 0 Å².